The Hall–Kier alpha value is -1.51. The average Bonchev–Trinajstić information content (AvgIpc) is 2.33. The third-order valence-electron chi connectivity index (χ3n) is 3.65. The van der Waals surface area contributed by atoms with Gasteiger partial charge in [-0.1, -0.05) is 13.3 Å². The second-order valence-electron chi connectivity index (χ2n) is 5.16. The predicted molar refractivity (Wildman–Crippen MR) is 76.3 cm³/mol. The first-order valence-corrected chi connectivity index (χ1v) is 6.73. The van der Waals surface area contributed by atoms with E-state index in [9.17, 15) is 4.79 Å². The summed E-state index contributed by atoms with van der Waals surface area (Å²) in [5.41, 5.74) is 4.62. The number of hydrogen-bond donors (Lipinski definition) is 1. The Morgan fingerprint density at radius 2 is 1.94 bits per heavy atom. The highest BCUT2D eigenvalue weighted by atomic mass is 16.2. The summed E-state index contributed by atoms with van der Waals surface area (Å²) >= 11 is 0. The fourth-order valence-electron chi connectivity index (χ4n) is 2.33. The highest BCUT2D eigenvalue weighted by molar-refractivity contribution is 6.04. The minimum absolute atomic E-state index is 0.128. The molecule has 1 atom stereocenters. The van der Waals surface area contributed by atoms with E-state index < -0.39 is 0 Å². The van der Waals surface area contributed by atoms with Gasteiger partial charge in [-0.25, -0.2) is 0 Å². The van der Waals surface area contributed by atoms with Crippen molar-refractivity contribution >= 4 is 17.3 Å². The number of benzene rings is 1. The van der Waals surface area contributed by atoms with Gasteiger partial charge in [-0.05, 0) is 50.5 Å². The molecular formula is C15H22N2O. The zero-order chi connectivity index (χ0) is 13.3. The summed E-state index contributed by atoms with van der Waals surface area (Å²) in [6, 6.07) is 4.14. The van der Waals surface area contributed by atoms with Crippen LogP contribution in [0.15, 0.2) is 12.1 Å². The number of nitrogens with one attached hydrogen (secondary N) is 1. The van der Waals surface area contributed by atoms with Crippen LogP contribution in [0.2, 0.25) is 0 Å². The molecule has 1 heterocycles. The van der Waals surface area contributed by atoms with Crippen molar-refractivity contribution in [3.05, 3.63) is 23.3 Å². The number of anilines is 2. The minimum atomic E-state index is -0.128. The zero-order valence-electron chi connectivity index (χ0n) is 11.7. The third-order valence-corrected chi connectivity index (χ3v) is 3.65. The molecule has 0 bridgehead atoms. The molecule has 1 aromatic carbocycles. The Morgan fingerprint density at radius 1 is 1.28 bits per heavy atom. The molecule has 1 aliphatic heterocycles. The molecule has 18 heavy (non-hydrogen) atoms. The van der Waals surface area contributed by atoms with Gasteiger partial charge in [0.15, 0.2) is 0 Å². The molecule has 3 heteroatoms. The van der Waals surface area contributed by atoms with Gasteiger partial charge in [0, 0.05) is 6.54 Å². The maximum atomic E-state index is 12.3. The molecule has 0 saturated carbocycles. The summed E-state index contributed by atoms with van der Waals surface area (Å²) in [6.07, 6.45) is 2.15. The summed E-state index contributed by atoms with van der Waals surface area (Å²) in [4.78, 5) is 14.2. The van der Waals surface area contributed by atoms with E-state index in [-0.39, 0.29) is 11.9 Å². The van der Waals surface area contributed by atoms with Crippen molar-refractivity contribution in [2.45, 2.75) is 46.6 Å². The lowest BCUT2D eigenvalue weighted by molar-refractivity contribution is -0.119. The van der Waals surface area contributed by atoms with Gasteiger partial charge in [-0.15, -0.1) is 0 Å². The molecular weight excluding hydrogens is 224 g/mol. The standard InChI is InChI=1S/C15H22N2O/c1-5-6-7-17-14-9-11(3)10(2)8-13(14)16-12(4)15(17)18/h8-9,12,16H,5-7H2,1-4H3. The van der Waals surface area contributed by atoms with E-state index >= 15 is 0 Å². The van der Waals surface area contributed by atoms with Crippen LogP contribution in [0.5, 0.6) is 0 Å². The van der Waals surface area contributed by atoms with Crippen molar-refractivity contribution < 1.29 is 4.79 Å². The quantitative estimate of drug-likeness (QED) is 0.888. The molecule has 1 unspecified atom stereocenters. The topological polar surface area (TPSA) is 32.3 Å². The molecule has 0 aromatic heterocycles. The van der Waals surface area contributed by atoms with E-state index in [1.54, 1.807) is 0 Å². The van der Waals surface area contributed by atoms with E-state index in [0.717, 1.165) is 30.8 Å². The first-order chi connectivity index (χ1) is 8.54. The number of amides is 1. The lowest BCUT2D eigenvalue weighted by Gasteiger charge is -2.34. The molecule has 1 N–H and O–H groups in total. The Balaban J connectivity index is 2.41. The molecule has 0 aliphatic carbocycles. The normalized spacial score (nSPS) is 18.6. The van der Waals surface area contributed by atoms with Gasteiger partial charge in [-0.3, -0.25) is 4.79 Å². The van der Waals surface area contributed by atoms with Crippen LogP contribution < -0.4 is 10.2 Å². The molecule has 1 aromatic rings. The van der Waals surface area contributed by atoms with Crippen LogP contribution in [0.1, 0.15) is 37.8 Å². The molecule has 1 aliphatic rings. The van der Waals surface area contributed by atoms with Crippen molar-refractivity contribution in [3.63, 3.8) is 0 Å². The van der Waals surface area contributed by atoms with E-state index in [0.29, 0.717) is 0 Å². The van der Waals surface area contributed by atoms with Crippen LogP contribution in [0, 0.1) is 13.8 Å². The van der Waals surface area contributed by atoms with Gasteiger partial charge < -0.3 is 10.2 Å². The van der Waals surface area contributed by atoms with Gasteiger partial charge in [0.1, 0.15) is 6.04 Å². The maximum absolute atomic E-state index is 12.3. The first kappa shape index (κ1) is 12.9. The van der Waals surface area contributed by atoms with Crippen molar-refractivity contribution in [1.29, 1.82) is 0 Å². The van der Waals surface area contributed by atoms with Crippen molar-refractivity contribution in [1.82, 2.24) is 0 Å². The van der Waals surface area contributed by atoms with E-state index in [4.69, 9.17) is 0 Å². The van der Waals surface area contributed by atoms with E-state index in [1.165, 1.54) is 11.1 Å². The second kappa shape index (κ2) is 5.01. The molecule has 1 amide bonds. The summed E-state index contributed by atoms with van der Waals surface area (Å²) < 4.78 is 0. The van der Waals surface area contributed by atoms with Gasteiger partial charge in [0.25, 0.3) is 0 Å². The average molecular weight is 246 g/mol. The number of nitrogens with zero attached hydrogens (tertiary/aromatic N) is 1. The Morgan fingerprint density at radius 3 is 2.61 bits per heavy atom. The van der Waals surface area contributed by atoms with Crippen LogP contribution in [0.25, 0.3) is 0 Å². The molecule has 0 fully saturated rings. The molecule has 2 rings (SSSR count). The summed E-state index contributed by atoms with van der Waals surface area (Å²) in [6.45, 7) is 9.10. The smallest absolute Gasteiger partial charge is 0.249 e. The van der Waals surface area contributed by atoms with Gasteiger partial charge in [-0.2, -0.15) is 0 Å². The Labute approximate surface area is 109 Å². The molecule has 0 radical (unpaired) electrons. The van der Waals surface area contributed by atoms with Crippen LogP contribution >= 0.6 is 0 Å². The van der Waals surface area contributed by atoms with Crippen molar-refractivity contribution in [3.8, 4) is 0 Å². The molecule has 0 spiro atoms. The van der Waals surface area contributed by atoms with Gasteiger partial charge in [0.05, 0.1) is 11.4 Å². The van der Waals surface area contributed by atoms with Crippen LogP contribution in [0.4, 0.5) is 11.4 Å². The van der Waals surface area contributed by atoms with Crippen LogP contribution in [-0.4, -0.2) is 18.5 Å². The number of hydrogen-bond acceptors (Lipinski definition) is 2. The summed E-state index contributed by atoms with van der Waals surface area (Å²) in [5, 5.41) is 3.29. The Kier molecular flexibility index (Phi) is 3.60. The summed E-state index contributed by atoms with van der Waals surface area (Å²) in [7, 11) is 0. The number of carbonyl (C=O) groups excluding carboxylic acids is 1. The molecule has 0 saturated heterocycles. The first-order valence-electron chi connectivity index (χ1n) is 6.73. The van der Waals surface area contributed by atoms with Gasteiger partial charge >= 0.3 is 0 Å². The minimum Gasteiger partial charge on any atom is -0.372 e. The fourth-order valence-corrected chi connectivity index (χ4v) is 2.33. The lowest BCUT2D eigenvalue weighted by atomic mass is 10.0. The molecule has 3 nitrogen and oxygen atoms in total. The zero-order valence-corrected chi connectivity index (χ0v) is 11.7. The van der Waals surface area contributed by atoms with Gasteiger partial charge in [0.2, 0.25) is 5.91 Å². The molecule has 98 valence electrons. The second-order valence-corrected chi connectivity index (χ2v) is 5.16. The number of rotatable bonds is 3. The third kappa shape index (κ3) is 2.22. The van der Waals surface area contributed by atoms with E-state index in [1.807, 2.05) is 11.8 Å². The van der Waals surface area contributed by atoms with Crippen molar-refractivity contribution in [2.24, 2.45) is 0 Å². The number of aryl methyl sites for hydroxylation is 2. The van der Waals surface area contributed by atoms with Crippen LogP contribution in [-0.2, 0) is 4.79 Å². The summed E-state index contributed by atoms with van der Waals surface area (Å²) in [5.74, 6) is 0.180. The fraction of sp³-hybridized carbons (Fsp3) is 0.533. The lowest BCUT2D eigenvalue weighted by Crippen LogP contribution is -2.46. The van der Waals surface area contributed by atoms with Crippen LogP contribution in [0.3, 0.4) is 0 Å². The predicted octanol–water partition coefficient (Wildman–Crippen LogP) is 3.25. The number of carbonyl (C=O) groups is 1. The SMILES string of the molecule is CCCCN1C(=O)C(C)Nc2cc(C)c(C)cc21. The Bertz CT molecular complexity index is 468. The number of unbranched alkanes of at least 4 members (excludes halogenated alkanes) is 1. The number of fused-ring (bicyclic) bond motifs is 1. The van der Waals surface area contributed by atoms with E-state index in [2.05, 4.69) is 38.2 Å². The monoisotopic (exact) mass is 246 g/mol. The van der Waals surface area contributed by atoms with Crippen molar-refractivity contribution in [2.75, 3.05) is 16.8 Å². The largest absolute Gasteiger partial charge is 0.372 e. The highest BCUT2D eigenvalue weighted by Gasteiger charge is 2.29. The highest BCUT2D eigenvalue weighted by Crippen LogP contribution is 2.34. The maximum Gasteiger partial charge on any atom is 0.249 e.